The highest BCUT2D eigenvalue weighted by molar-refractivity contribution is 7.88. The van der Waals surface area contributed by atoms with E-state index in [1.807, 2.05) is 0 Å². The molecule has 2 rings (SSSR count). The molecular formula is C14H26N2O6S2. The molecular weight excluding hydrogens is 356 g/mol. The number of nitrogens with one attached hydrogen (secondary N) is 2. The highest BCUT2D eigenvalue weighted by Crippen LogP contribution is 2.27. The maximum atomic E-state index is 12.4. The second-order valence-corrected chi connectivity index (χ2v) is 10.4. The largest absolute Gasteiger partial charge is 0.353 e. The van der Waals surface area contributed by atoms with Crippen LogP contribution in [0.2, 0.25) is 0 Å². The monoisotopic (exact) mass is 382 g/mol. The van der Waals surface area contributed by atoms with Gasteiger partial charge in [-0.15, -0.1) is 0 Å². The third kappa shape index (κ3) is 5.98. The fourth-order valence-electron chi connectivity index (χ4n) is 3.70. The number of carbonyl (C=O) groups excluding carboxylic acids is 1. The van der Waals surface area contributed by atoms with Crippen LogP contribution >= 0.6 is 0 Å². The fourth-order valence-corrected chi connectivity index (χ4v) is 5.46. The van der Waals surface area contributed by atoms with Crippen molar-refractivity contribution >= 4 is 26.0 Å². The quantitative estimate of drug-likeness (QED) is 0.591. The van der Waals surface area contributed by atoms with Crippen molar-refractivity contribution in [3.63, 3.8) is 0 Å². The molecule has 8 nitrogen and oxygen atoms in total. The van der Waals surface area contributed by atoms with Crippen molar-refractivity contribution < 1.29 is 26.2 Å². The first-order valence-corrected chi connectivity index (χ1v) is 11.7. The maximum absolute atomic E-state index is 12.4. The average Bonchev–Trinajstić information content (AvgIpc) is 2.45. The second-order valence-electron chi connectivity index (χ2n) is 6.96. The standard InChI is InChI=1S/C14H26N2O6S2/c1-23(18,19)16-12-6-2-4-10(8-12)14(17)15-11-5-3-7-13(9-11)24(20,21)22/h10-13,16H,2-9H2,1H3,(H,15,17)(H,20,21,22). The van der Waals surface area contributed by atoms with Crippen LogP contribution in [-0.2, 0) is 24.9 Å². The summed E-state index contributed by atoms with van der Waals surface area (Å²) >= 11 is 0. The van der Waals surface area contributed by atoms with Crippen LogP contribution in [0.5, 0.6) is 0 Å². The van der Waals surface area contributed by atoms with Gasteiger partial charge in [0.15, 0.2) is 0 Å². The summed E-state index contributed by atoms with van der Waals surface area (Å²) in [6.07, 6.45) is 5.70. The Morgan fingerprint density at radius 3 is 2.21 bits per heavy atom. The minimum atomic E-state index is -4.08. The molecule has 0 aliphatic heterocycles. The van der Waals surface area contributed by atoms with Gasteiger partial charge in [0.2, 0.25) is 15.9 Å². The molecule has 24 heavy (non-hydrogen) atoms. The Bertz CT molecular complexity index is 661. The molecule has 140 valence electrons. The summed E-state index contributed by atoms with van der Waals surface area (Å²) in [5.41, 5.74) is 0. The lowest BCUT2D eigenvalue weighted by Crippen LogP contribution is -2.46. The van der Waals surface area contributed by atoms with Gasteiger partial charge in [-0.1, -0.05) is 12.8 Å². The molecule has 2 aliphatic rings. The molecule has 0 heterocycles. The van der Waals surface area contributed by atoms with Crippen molar-refractivity contribution in [3.8, 4) is 0 Å². The molecule has 0 aromatic carbocycles. The van der Waals surface area contributed by atoms with Crippen molar-refractivity contribution in [1.29, 1.82) is 0 Å². The lowest BCUT2D eigenvalue weighted by molar-refractivity contribution is -0.127. The highest BCUT2D eigenvalue weighted by atomic mass is 32.2. The molecule has 0 aromatic rings. The van der Waals surface area contributed by atoms with Gasteiger partial charge >= 0.3 is 0 Å². The minimum Gasteiger partial charge on any atom is -0.353 e. The molecule has 2 fully saturated rings. The van der Waals surface area contributed by atoms with Gasteiger partial charge in [-0.05, 0) is 38.5 Å². The van der Waals surface area contributed by atoms with E-state index in [9.17, 15) is 26.2 Å². The van der Waals surface area contributed by atoms with Gasteiger partial charge in [0.05, 0.1) is 11.5 Å². The molecule has 3 N–H and O–H groups in total. The summed E-state index contributed by atoms with van der Waals surface area (Å²) in [5.74, 6) is -0.430. The molecule has 10 heteroatoms. The van der Waals surface area contributed by atoms with E-state index in [0.717, 1.165) is 12.7 Å². The summed E-state index contributed by atoms with van der Waals surface area (Å²) in [5, 5.41) is 2.07. The van der Waals surface area contributed by atoms with E-state index in [4.69, 9.17) is 0 Å². The Morgan fingerprint density at radius 1 is 0.958 bits per heavy atom. The third-order valence-electron chi connectivity index (χ3n) is 4.82. The van der Waals surface area contributed by atoms with Crippen molar-refractivity contribution in [2.24, 2.45) is 5.92 Å². The molecule has 0 aromatic heterocycles. The Kier molecular flexibility index (Phi) is 6.27. The Labute approximate surface area is 143 Å². The first-order chi connectivity index (χ1) is 11.0. The van der Waals surface area contributed by atoms with Crippen molar-refractivity contribution in [2.75, 3.05) is 6.26 Å². The van der Waals surface area contributed by atoms with Crippen molar-refractivity contribution in [2.45, 2.75) is 68.7 Å². The van der Waals surface area contributed by atoms with E-state index in [0.29, 0.717) is 38.5 Å². The SMILES string of the molecule is CS(=O)(=O)NC1CCCC(C(=O)NC2CCCC(S(=O)(=O)O)C2)C1. The molecule has 0 spiro atoms. The van der Waals surface area contributed by atoms with Gasteiger partial charge in [0.25, 0.3) is 10.1 Å². The number of sulfonamides is 1. The Morgan fingerprint density at radius 2 is 1.58 bits per heavy atom. The van der Waals surface area contributed by atoms with Gasteiger partial charge in [-0.25, -0.2) is 13.1 Å². The predicted molar refractivity (Wildman–Crippen MR) is 89.5 cm³/mol. The topological polar surface area (TPSA) is 130 Å². The normalized spacial score (nSPS) is 32.2. The Balaban J connectivity index is 1.89. The highest BCUT2D eigenvalue weighted by Gasteiger charge is 2.34. The van der Waals surface area contributed by atoms with E-state index in [1.165, 1.54) is 0 Å². The van der Waals surface area contributed by atoms with Gasteiger partial charge in [-0.2, -0.15) is 8.42 Å². The maximum Gasteiger partial charge on any atom is 0.267 e. The van der Waals surface area contributed by atoms with Gasteiger partial charge < -0.3 is 5.32 Å². The van der Waals surface area contributed by atoms with Gasteiger partial charge in [0, 0.05) is 18.0 Å². The zero-order valence-corrected chi connectivity index (χ0v) is 15.4. The summed E-state index contributed by atoms with van der Waals surface area (Å²) < 4.78 is 56.9. The van der Waals surface area contributed by atoms with E-state index in [-0.39, 0.29) is 30.3 Å². The van der Waals surface area contributed by atoms with E-state index < -0.39 is 25.4 Å². The molecule has 0 radical (unpaired) electrons. The van der Waals surface area contributed by atoms with Crippen LogP contribution in [0.1, 0.15) is 51.4 Å². The number of hydrogen-bond acceptors (Lipinski definition) is 5. The minimum absolute atomic E-state index is 0.156. The van der Waals surface area contributed by atoms with Gasteiger partial charge in [0.1, 0.15) is 0 Å². The molecule has 4 unspecified atom stereocenters. The molecule has 0 saturated heterocycles. The molecule has 4 atom stereocenters. The number of hydrogen-bond donors (Lipinski definition) is 3. The second kappa shape index (κ2) is 7.67. The van der Waals surface area contributed by atoms with Crippen molar-refractivity contribution in [3.05, 3.63) is 0 Å². The van der Waals surface area contributed by atoms with Crippen LogP contribution in [0.15, 0.2) is 0 Å². The van der Waals surface area contributed by atoms with E-state index >= 15 is 0 Å². The summed E-state index contributed by atoms with van der Waals surface area (Å²) in [4.78, 5) is 12.4. The third-order valence-corrected chi connectivity index (χ3v) is 6.85. The fraction of sp³-hybridized carbons (Fsp3) is 0.929. The molecule has 2 saturated carbocycles. The summed E-state index contributed by atoms with van der Waals surface area (Å²) in [6.45, 7) is 0. The molecule has 2 aliphatic carbocycles. The molecule has 1 amide bonds. The zero-order valence-electron chi connectivity index (χ0n) is 13.8. The zero-order chi connectivity index (χ0) is 18.0. The number of amides is 1. The van der Waals surface area contributed by atoms with Crippen LogP contribution in [0.3, 0.4) is 0 Å². The lowest BCUT2D eigenvalue weighted by Gasteiger charge is -2.32. The van der Waals surface area contributed by atoms with Crippen LogP contribution in [0, 0.1) is 5.92 Å². The van der Waals surface area contributed by atoms with E-state index in [1.54, 1.807) is 0 Å². The van der Waals surface area contributed by atoms with Crippen LogP contribution in [0.25, 0.3) is 0 Å². The average molecular weight is 383 g/mol. The van der Waals surface area contributed by atoms with Crippen LogP contribution < -0.4 is 10.0 Å². The smallest absolute Gasteiger partial charge is 0.267 e. The number of carbonyl (C=O) groups is 1. The van der Waals surface area contributed by atoms with Crippen LogP contribution in [-0.4, -0.2) is 50.9 Å². The predicted octanol–water partition coefficient (Wildman–Crippen LogP) is 0.410. The first-order valence-electron chi connectivity index (χ1n) is 8.28. The lowest BCUT2D eigenvalue weighted by atomic mass is 9.85. The Hall–Kier alpha value is -0.710. The number of rotatable bonds is 5. The summed E-state index contributed by atoms with van der Waals surface area (Å²) in [7, 11) is -7.38. The van der Waals surface area contributed by atoms with Crippen molar-refractivity contribution in [1.82, 2.24) is 10.0 Å². The molecule has 0 bridgehead atoms. The van der Waals surface area contributed by atoms with E-state index in [2.05, 4.69) is 10.0 Å². The van der Waals surface area contributed by atoms with Crippen LogP contribution in [0.4, 0.5) is 0 Å². The summed E-state index contributed by atoms with van der Waals surface area (Å²) in [6, 6.07) is -0.497. The first kappa shape index (κ1) is 19.6. The van der Waals surface area contributed by atoms with Gasteiger partial charge in [-0.3, -0.25) is 9.35 Å².